The van der Waals surface area contributed by atoms with Crippen molar-refractivity contribution in [2.75, 3.05) is 18.8 Å². The molecule has 0 spiro atoms. The van der Waals surface area contributed by atoms with Gasteiger partial charge in [-0.1, -0.05) is 0 Å². The van der Waals surface area contributed by atoms with E-state index < -0.39 is 21.9 Å². The van der Waals surface area contributed by atoms with Crippen LogP contribution in [0.2, 0.25) is 0 Å². The minimum absolute atomic E-state index is 0.0986. The van der Waals surface area contributed by atoms with Crippen LogP contribution in [0.4, 0.5) is 3.89 Å². The highest BCUT2D eigenvalue weighted by molar-refractivity contribution is 7.86. The Balaban J connectivity index is 2.35. The molecule has 1 aliphatic heterocycles. The Morgan fingerprint density at radius 1 is 1.47 bits per heavy atom. The second kappa shape index (κ2) is 5.96. The van der Waals surface area contributed by atoms with Gasteiger partial charge in [-0.15, -0.1) is 3.89 Å². The molecule has 1 unspecified atom stereocenters. The zero-order chi connectivity index (χ0) is 12.9. The van der Waals surface area contributed by atoms with E-state index in [4.69, 9.17) is 5.26 Å². The summed E-state index contributed by atoms with van der Waals surface area (Å²) in [5.41, 5.74) is 0. The summed E-state index contributed by atoms with van der Waals surface area (Å²) in [6, 6.07) is 2.01. The summed E-state index contributed by atoms with van der Waals surface area (Å²) >= 11 is 0. The van der Waals surface area contributed by atoms with Crippen LogP contribution in [0, 0.1) is 17.2 Å². The van der Waals surface area contributed by atoms with Crippen molar-refractivity contribution in [3.8, 4) is 6.07 Å². The van der Waals surface area contributed by atoms with E-state index in [9.17, 15) is 17.1 Å². The number of amides is 1. The summed E-state index contributed by atoms with van der Waals surface area (Å²) in [5, 5.41) is 8.34. The van der Waals surface area contributed by atoms with Gasteiger partial charge in [-0.3, -0.25) is 4.79 Å². The van der Waals surface area contributed by atoms with Crippen molar-refractivity contribution < 1.29 is 17.1 Å². The lowest BCUT2D eigenvalue weighted by molar-refractivity contribution is -0.127. The molecule has 0 aromatic carbocycles. The number of rotatable bonds is 6. The van der Waals surface area contributed by atoms with E-state index in [0.717, 1.165) is 0 Å². The molecule has 1 heterocycles. The van der Waals surface area contributed by atoms with Crippen LogP contribution in [0.1, 0.15) is 25.7 Å². The van der Waals surface area contributed by atoms with Crippen LogP contribution < -0.4 is 0 Å². The highest BCUT2D eigenvalue weighted by Gasteiger charge is 2.32. The van der Waals surface area contributed by atoms with E-state index in [-0.39, 0.29) is 12.3 Å². The molecule has 0 bridgehead atoms. The van der Waals surface area contributed by atoms with Gasteiger partial charge in [0.1, 0.15) is 0 Å². The SMILES string of the molecule is N#CCCCCN1CC(CS(=O)(=O)F)CC1=O. The molecule has 0 aromatic heterocycles. The summed E-state index contributed by atoms with van der Waals surface area (Å²) in [6.45, 7) is 0.817. The fourth-order valence-corrected chi connectivity index (χ4v) is 2.76. The highest BCUT2D eigenvalue weighted by Crippen LogP contribution is 2.20. The van der Waals surface area contributed by atoms with Gasteiger partial charge in [-0.2, -0.15) is 13.7 Å². The third-order valence-electron chi connectivity index (χ3n) is 2.70. The molecular weight excluding hydrogens is 247 g/mol. The third kappa shape index (κ3) is 5.13. The molecular formula is C10H15FN2O3S. The second-order valence-corrected chi connectivity index (χ2v) is 5.64. The van der Waals surface area contributed by atoms with Crippen molar-refractivity contribution in [2.45, 2.75) is 25.7 Å². The van der Waals surface area contributed by atoms with E-state index in [2.05, 4.69) is 0 Å². The lowest BCUT2D eigenvalue weighted by atomic mass is 10.1. The van der Waals surface area contributed by atoms with Crippen molar-refractivity contribution in [3.63, 3.8) is 0 Å². The average Bonchev–Trinajstić information content (AvgIpc) is 2.51. The summed E-state index contributed by atoms with van der Waals surface area (Å²) in [4.78, 5) is 13.0. The van der Waals surface area contributed by atoms with Crippen molar-refractivity contribution in [1.29, 1.82) is 5.26 Å². The largest absolute Gasteiger partial charge is 0.342 e. The van der Waals surface area contributed by atoms with Gasteiger partial charge in [-0.05, 0) is 12.8 Å². The Morgan fingerprint density at radius 2 is 2.18 bits per heavy atom. The zero-order valence-corrected chi connectivity index (χ0v) is 10.2. The first-order valence-corrected chi connectivity index (χ1v) is 7.04. The first-order chi connectivity index (χ1) is 7.92. The van der Waals surface area contributed by atoms with Gasteiger partial charge in [0, 0.05) is 31.8 Å². The number of nitrogens with zero attached hydrogens (tertiary/aromatic N) is 2. The first-order valence-electron chi connectivity index (χ1n) is 5.49. The van der Waals surface area contributed by atoms with E-state index in [0.29, 0.717) is 32.4 Å². The van der Waals surface area contributed by atoms with Crippen molar-refractivity contribution in [1.82, 2.24) is 4.90 Å². The van der Waals surface area contributed by atoms with Gasteiger partial charge >= 0.3 is 10.2 Å². The molecule has 7 heteroatoms. The molecule has 96 valence electrons. The van der Waals surface area contributed by atoms with Crippen LogP contribution in [0.3, 0.4) is 0 Å². The fraction of sp³-hybridized carbons (Fsp3) is 0.800. The Labute approximate surface area is 100 Å². The average molecular weight is 262 g/mol. The van der Waals surface area contributed by atoms with E-state index >= 15 is 0 Å². The van der Waals surface area contributed by atoms with Crippen molar-refractivity contribution >= 4 is 16.1 Å². The number of unbranched alkanes of at least 4 members (excludes halogenated alkanes) is 2. The Kier molecular flexibility index (Phi) is 4.87. The van der Waals surface area contributed by atoms with Gasteiger partial charge in [0.15, 0.2) is 0 Å². The monoisotopic (exact) mass is 262 g/mol. The van der Waals surface area contributed by atoms with Gasteiger partial charge in [0.2, 0.25) is 5.91 Å². The van der Waals surface area contributed by atoms with Crippen LogP contribution in [0.15, 0.2) is 0 Å². The zero-order valence-electron chi connectivity index (χ0n) is 9.43. The smallest absolute Gasteiger partial charge is 0.302 e. The third-order valence-corrected chi connectivity index (χ3v) is 3.57. The van der Waals surface area contributed by atoms with Gasteiger partial charge in [0.25, 0.3) is 0 Å². The van der Waals surface area contributed by atoms with Crippen LogP contribution in [-0.4, -0.2) is 38.1 Å². The maximum absolute atomic E-state index is 12.5. The number of hydrogen-bond donors (Lipinski definition) is 0. The number of carbonyl (C=O) groups is 1. The molecule has 1 rings (SSSR count). The first kappa shape index (κ1) is 13.9. The predicted molar refractivity (Wildman–Crippen MR) is 59.0 cm³/mol. The summed E-state index contributed by atoms with van der Waals surface area (Å²) < 4.78 is 33.4. The van der Waals surface area contributed by atoms with Crippen molar-refractivity contribution in [2.24, 2.45) is 5.92 Å². The minimum atomic E-state index is -4.51. The lowest BCUT2D eigenvalue weighted by Gasteiger charge is -2.15. The van der Waals surface area contributed by atoms with Crippen molar-refractivity contribution in [3.05, 3.63) is 0 Å². The second-order valence-electron chi connectivity index (χ2n) is 4.23. The summed E-state index contributed by atoms with van der Waals surface area (Å²) in [7, 11) is -4.51. The van der Waals surface area contributed by atoms with Crippen LogP contribution in [-0.2, 0) is 15.0 Å². The molecule has 1 saturated heterocycles. The number of nitriles is 1. The molecule has 1 atom stereocenters. The molecule has 0 N–H and O–H groups in total. The van der Waals surface area contributed by atoms with Crippen LogP contribution >= 0.6 is 0 Å². The van der Waals surface area contributed by atoms with Crippen LogP contribution in [0.5, 0.6) is 0 Å². The van der Waals surface area contributed by atoms with Gasteiger partial charge < -0.3 is 4.90 Å². The topological polar surface area (TPSA) is 78.2 Å². The molecule has 5 nitrogen and oxygen atoms in total. The molecule has 1 amide bonds. The fourth-order valence-electron chi connectivity index (χ4n) is 1.97. The number of halogens is 1. The number of likely N-dealkylation sites (tertiary alicyclic amines) is 1. The molecule has 17 heavy (non-hydrogen) atoms. The highest BCUT2D eigenvalue weighted by atomic mass is 32.3. The quantitative estimate of drug-likeness (QED) is 0.524. The Bertz CT molecular complexity index is 416. The maximum Gasteiger partial charge on any atom is 0.302 e. The Morgan fingerprint density at radius 3 is 2.76 bits per heavy atom. The molecule has 0 aromatic rings. The maximum atomic E-state index is 12.5. The number of carbonyl (C=O) groups excluding carboxylic acids is 1. The van der Waals surface area contributed by atoms with Crippen LogP contribution in [0.25, 0.3) is 0 Å². The Hall–Kier alpha value is -1.16. The van der Waals surface area contributed by atoms with E-state index in [1.54, 1.807) is 4.90 Å². The van der Waals surface area contributed by atoms with E-state index in [1.165, 1.54) is 0 Å². The standard InChI is InChI=1S/C10H15FN2O3S/c11-17(15,16)8-9-6-10(14)13(7-9)5-3-1-2-4-12/h9H,1-3,5-8H2. The summed E-state index contributed by atoms with van der Waals surface area (Å²) in [5.74, 6) is -1.14. The van der Waals surface area contributed by atoms with Gasteiger partial charge in [0.05, 0.1) is 11.8 Å². The molecule has 0 saturated carbocycles. The normalized spacial score (nSPS) is 20.6. The molecule has 1 fully saturated rings. The molecule has 1 aliphatic rings. The molecule has 0 radical (unpaired) electrons. The summed E-state index contributed by atoms with van der Waals surface area (Å²) in [6.07, 6.45) is 1.98. The lowest BCUT2D eigenvalue weighted by Crippen LogP contribution is -2.27. The predicted octanol–water partition coefficient (Wildman–Crippen LogP) is 0.828. The van der Waals surface area contributed by atoms with E-state index in [1.807, 2.05) is 6.07 Å². The van der Waals surface area contributed by atoms with Gasteiger partial charge in [-0.25, -0.2) is 0 Å². The molecule has 0 aliphatic carbocycles. The minimum Gasteiger partial charge on any atom is -0.342 e. The number of hydrogen-bond acceptors (Lipinski definition) is 4.